The first kappa shape index (κ1) is 13.8. The molecule has 0 saturated carbocycles. The maximum atomic E-state index is 4.72. The Bertz CT molecular complexity index is 730. The Morgan fingerprint density at radius 2 is 1.86 bits per heavy atom. The molecule has 1 N–H and O–H groups in total. The predicted molar refractivity (Wildman–Crippen MR) is 85.0 cm³/mol. The van der Waals surface area contributed by atoms with E-state index in [1.807, 2.05) is 24.5 Å². The second kappa shape index (κ2) is 6.06. The second-order valence-corrected chi connectivity index (χ2v) is 5.52. The lowest BCUT2D eigenvalue weighted by Crippen LogP contribution is -2.22. The van der Waals surface area contributed by atoms with Gasteiger partial charge in [0.2, 0.25) is 0 Å². The van der Waals surface area contributed by atoms with E-state index in [9.17, 15) is 0 Å². The zero-order valence-electron chi connectivity index (χ0n) is 12.5. The number of nitrogens with one attached hydrogen (secondary N) is 1. The van der Waals surface area contributed by atoms with Gasteiger partial charge in [-0.3, -0.25) is 4.98 Å². The van der Waals surface area contributed by atoms with Crippen molar-refractivity contribution in [3.63, 3.8) is 0 Å². The minimum atomic E-state index is 0.466. The fourth-order valence-electron chi connectivity index (χ4n) is 2.34. The van der Waals surface area contributed by atoms with E-state index >= 15 is 0 Å². The molecular weight excluding hydrogens is 260 g/mol. The van der Waals surface area contributed by atoms with E-state index in [0.29, 0.717) is 6.04 Å². The Morgan fingerprint density at radius 3 is 2.71 bits per heavy atom. The first-order valence-corrected chi connectivity index (χ1v) is 7.30. The first-order chi connectivity index (χ1) is 10.2. The second-order valence-electron chi connectivity index (χ2n) is 5.52. The minimum Gasteiger partial charge on any atom is -0.324 e. The van der Waals surface area contributed by atoms with Crippen LogP contribution >= 0.6 is 0 Å². The molecule has 2 heterocycles. The Labute approximate surface area is 124 Å². The summed E-state index contributed by atoms with van der Waals surface area (Å²) in [6, 6.07) is 14.8. The number of benzene rings is 1. The summed E-state index contributed by atoms with van der Waals surface area (Å²) in [6.45, 7) is 5.83. The van der Waals surface area contributed by atoms with Crippen LogP contribution in [0.2, 0.25) is 0 Å². The quantitative estimate of drug-likeness (QED) is 0.781. The van der Waals surface area contributed by atoms with Gasteiger partial charge in [0.15, 0.2) is 0 Å². The number of imidazole rings is 1. The van der Waals surface area contributed by atoms with Crippen LogP contribution in [0.5, 0.6) is 0 Å². The summed E-state index contributed by atoms with van der Waals surface area (Å²) in [6.07, 6.45) is 1.88. The van der Waals surface area contributed by atoms with Gasteiger partial charge >= 0.3 is 0 Å². The summed E-state index contributed by atoms with van der Waals surface area (Å²) in [5.74, 6) is 0. The van der Waals surface area contributed by atoms with Gasteiger partial charge in [0.1, 0.15) is 0 Å². The van der Waals surface area contributed by atoms with Crippen LogP contribution in [0.3, 0.4) is 0 Å². The molecular formula is C17H20N4. The number of rotatable bonds is 5. The third-order valence-corrected chi connectivity index (χ3v) is 3.42. The minimum absolute atomic E-state index is 0.466. The lowest BCUT2D eigenvalue weighted by molar-refractivity contribution is 0.579. The normalized spacial score (nSPS) is 11.4. The summed E-state index contributed by atoms with van der Waals surface area (Å²) in [4.78, 5) is 9.13. The lowest BCUT2D eigenvalue weighted by atomic mass is 10.2. The van der Waals surface area contributed by atoms with Crippen molar-refractivity contribution >= 4 is 11.0 Å². The van der Waals surface area contributed by atoms with Crippen molar-refractivity contribution in [3.8, 4) is 0 Å². The molecule has 0 radical (unpaired) electrons. The van der Waals surface area contributed by atoms with Gasteiger partial charge in [-0.15, -0.1) is 0 Å². The molecule has 3 aromatic rings. The highest BCUT2D eigenvalue weighted by Crippen LogP contribution is 2.13. The van der Waals surface area contributed by atoms with Crippen LogP contribution in [0.15, 0.2) is 48.8 Å². The maximum Gasteiger partial charge on any atom is 0.0962 e. The number of fused-ring (bicyclic) bond motifs is 1. The summed E-state index contributed by atoms with van der Waals surface area (Å²) < 4.78 is 2.14. The predicted octanol–water partition coefficient (Wildman–Crippen LogP) is 2.98. The zero-order valence-corrected chi connectivity index (χ0v) is 12.5. The standard InChI is InChI=1S/C17H20N4/c1-13(2)18-10-14-6-5-7-15(20-14)11-21-12-19-16-8-3-4-9-17(16)21/h3-9,12-13,18H,10-11H2,1-2H3. The fourth-order valence-corrected chi connectivity index (χ4v) is 2.34. The van der Waals surface area contributed by atoms with E-state index in [0.717, 1.165) is 35.5 Å². The molecule has 0 fully saturated rings. The fraction of sp³-hybridized carbons (Fsp3) is 0.294. The third kappa shape index (κ3) is 3.28. The van der Waals surface area contributed by atoms with Crippen LogP contribution in [0.1, 0.15) is 25.2 Å². The largest absolute Gasteiger partial charge is 0.324 e. The van der Waals surface area contributed by atoms with Gasteiger partial charge in [-0.1, -0.05) is 32.0 Å². The van der Waals surface area contributed by atoms with Crippen molar-refractivity contribution in [1.82, 2.24) is 19.9 Å². The van der Waals surface area contributed by atoms with Crippen molar-refractivity contribution < 1.29 is 0 Å². The molecule has 0 spiro atoms. The van der Waals surface area contributed by atoms with Crippen LogP contribution in [0.25, 0.3) is 11.0 Å². The first-order valence-electron chi connectivity index (χ1n) is 7.30. The van der Waals surface area contributed by atoms with Crippen molar-refractivity contribution in [2.45, 2.75) is 33.0 Å². The lowest BCUT2D eigenvalue weighted by Gasteiger charge is -2.09. The van der Waals surface area contributed by atoms with Gasteiger partial charge < -0.3 is 9.88 Å². The molecule has 2 aromatic heterocycles. The summed E-state index contributed by atoms with van der Waals surface area (Å²) in [5.41, 5.74) is 4.30. The summed E-state index contributed by atoms with van der Waals surface area (Å²) in [7, 11) is 0. The van der Waals surface area contributed by atoms with Crippen molar-refractivity contribution in [3.05, 3.63) is 60.2 Å². The highest BCUT2D eigenvalue weighted by molar-refractivity contribution is 5.74. The maximum absolute atomic E-state index is 4.72. The van der Waals surface area contributed by atoms with Gasteiger partial charge in [-0.05, 0) is 24.3 Å². The Morgan fingerprint density at radius 1 is 1.05 bits per heavy atom. The molecule has 4 heteroatoms. The molecule has 1 aromatic carbocycles. The van der Waals surface area contributed by atoms with Crippen molar-refractivity contribution in [2.75, 3.05) is 0 Å². The average Bonchev–Trinajstić information content (AvgIpc) is 2.89. The Balaban J connectivity index is 1.80. The number of aromatic nitrogens is 3. The average molecular weight is 280 g/mol. The number of pyridine rings is 1. The number of para-hydroxylation sites is 2. The topological polar surface area (TPSA) is 42.7 Å². The van der Waals surface area contributed by atoms with Crippen LogP contribution in [-0.2, 0) is 13.1 Å². The van der Waals surface area contributed by atoms with E-state index in [2.05, 4.69) is 53.0 Å². The number of hydrogen-bond acceptors (Lipinski definition) is 3. The molecule has 0 saturated heterocycles. The SMILES string of the molecule is CC(C)NCc1cccc(Cn2cnc3ccccc32)n1. The monoisotopic (exact) mass is 280 g/mol. The number of nitrogens with zero attached hydrogens (tertiary/aromatic N) is 3. The van der Waals surface area contributed by atoms with Crippen LogP contribution in [-0.4, -0.2) is 20.6 Å². The highest BCUT2D eigenvalue weighted by atomic mass is 15.1. The van der Waals surface area contributed by atoms with Crippen molar-refractivity contribution in [1.29, 1.82) is 0 Å². The molecule has 0 unspecified atom stereocenters. The highest BCUT2D eigenvalue weighted by Gasteiger charge is 2.04. The van der Waals surface area contributed by atoms with Gasteiger partial charge in [0.05, 0.1) is 35.3 Å². The third-order valence-electron chi connectivity index (χ3n) is 3.42. The molecule has 0 aliphatic carbocycles. The molecule has 0 amide bonds. The van der Waals surface area contributed by atoms with Crippen LogP contribution in [0, 0.1) is 0 Å². The van der Waals surface area contributed by atoms with Crippen LogP contribution < -0.4 is 5.32 Å². The van der Waals surface area contributed by atoms with Crippen LogP contribution in [0.4, 0.5) is 0 Å². The molecule has 4 nitrogen and oxygen atoms in total. The summed E-state index contributed by atoms with van der Waals surface area (Å²) in [5, 5.41) is 3.40. The zero-order chi connectivity index (χ0) is 14.7. The summed E-state index contributed by atoms with van der Waals surface area (Å²) >= 11 is 0. The molecule has 108 valence electrons. The Kier molecular flexibility index (Phi) is 3.97. The van der Waals surface area contributed by atoms with Gasteiger partial charge in [-0.25, -0.2) is 4.98 Å². The van der Waals surface area contributed by atoms with Gasteiger partial charge in [-0.2, -0.15) is 0 Å². The van der Waals surface area contributed by atoms with E-state index in [1.165, 1.54) is 0 Å². The molecule has 21 heavy (non-hydrogen) atoms. The smallest absolute Gasteiger partial charge is 0.0962 e. The Hall–Kier alpha value is -2.20. The molecule has 3 rings (SSSR count). The van der Waals surface area contributed by atoms with Gasteiger partial charge in [0, 0.05) is 12.6 Å². The molecule has 0 aliphatic heterocycles. The molecule has 0 atom stereocenters. The molecule has 0 aliphatic rings. The van der Waals surface area contributed by atoms with E-state index in [-0.39, 0.29) is 0 Å². The van der Waals surface area contributed by atoms with E-state index < -0.39 is 0 Å². The number of hydrogen-bond donors (Lipinski definition) is 1. The van der Waals surface area contributed by atoms with E-state index in [4.69, 9.17) is 4.98 Å². The van der Waals surface area contributed by atoms with Crippen molar-refractivity contribution in [2.24, 2.45) is 0 Å². The van der Waals surface area contributed by atoms with E-state index in [1.54, 1.807) is 0 Å². The molecule has 0 bridgehead atoms. The van der Waals surface area contributed by atoms with Gasteiger partial charge in [0.25, 0.3) is 0 Å².